The van der Waals surface area contributed by atoms with Crippen molar-refractivity contribution in [2.45, 2.75) is 13.8 Å². The van der Waals surface area contributed by atoms with E-state index in [1.165, 1.54) is 0 Å². The molecule has 3 N–H and O–H groups in total. The zero-order valence-corrected chi connectivity index (χ0v) is 11.1. The Bertz CT molecular complexity index is 427. The quantitative estimate of drug-likeness (QED) is 0.349. The number of nitrogens with two attached hydrogens (primary N) is 1. The molecule has 4 heteroatoms. The molecule has 0 radical (unpaired) electrons. The van der Waals surface area contributed by atoms with Crippen molar-refractivity contribution in [1.29, 1.82) is 0 Å². The van der Waals surface area contributed by atoms with E-state index in [1.54, 1.807) is 0 Å². The van der Waals surface area contributed by atoms with Gasteiger partial charge in [0.05, 0.1) is 13.1 Å². The molecule has 0 unspecified atom stereocenters. The lowest BCUT2D eigenvalue weighted by Crippen LogP contribution is -2.34. The van der Waals surface area contributed by atoms with Crippen LogP contribution in [0.1, 0.15) is 12.5 Å². The van der Waals surface area contributed by atoms with Crippen LogP contribution >= 0.6 is 0 Å². The van der Waals surface area contributed by atoms with Gasteiger partial charge >= 0.3 is 0 Å². The molecule has 0 saturated carbocycles. The van der Waals surface area contributed by atoms with E-state index in [-0.39, 0.29) is 0 Å². The van der Waals surface area contributed by atoms with Crippen molar-refractivity contribution >= 4 is 5.96 Å². The number of guanidine groups is 1. The van der Waals surface area contributed by atoms with E-state index < -0.39 is 0 Å². The predicted octanol–water partition coefficient (Wildman–Crippen LogP) is 1.85. The fourth-order valence-corrected chi connectivity index (χ4v) is 1.33. The van der Waals surface area contributed by atoms with Crippen LogP contribution in [0.25, 0.3) is 0 Å². The first-order valence-electron chi connectivity index (χ1n) is 5.96. The summed E-state index contributed by atoms with van der Waals surface area (Å²) < 4.78 is 5.62. The summed E-state index contributed by atoms with van der Waals surface area (Å²) in [4.78, 5) is 4.11. The third kappa shape index (κ3) is 5.39. The van der Waals surface area contributed by atoms with Crippen molar-refractivity contribution in [3.63, 3.8) is 0 Å². The highest BCUT2D eigenvalue weighted by Gasteiger charge is 1.97. The Morgan fingerprint density at radius 1 is 1.44 bits per heavy atom. The number of hydrogen-bond acceptors (Lipinski definition) is 2. The summed E-state index contributed by atoms with van der Waals surface area (Å²) in [6.45, 7) is 9.42. The number of benzene rings is 1. The molecule has 0 saturated heterocycles. The van der Waals surface area contributed by atoms with Gasteiger partial charge in [-0.1, -0.05) is 30.4 Å². The zero-order chi connectivity index (χ0) is 13.4. The third-order valence-electron chi connectivity index (χ3n) is 2.28. The molecule has 18 heavy (non-hydrogen) atoms. The summed E-state index contributed by atoms with van der Waals surface area (Å²) >= 11 is 0. The number of aliphatic imine (C=N–C) groups is 1. The second-order valence-electron chi connectivity index (χ2n) is 4.20. The molecule has 0 amide bonds. The van der Waals surface area contributed by atoms with Crippen LogP contribution in [0, 0.1) is 6.92 Å². The maximum absolute atomic E-state index is 5.67. The number of rotatable bonds is 6. The topological polar surface area (TPSA) is 59.6 Å². The van der Waals surface area contributed by atoms with Gasteiger partial charge in [0.15, 0.2) is 5.96 Å². The Morgan fingerprint density at radius 2 is 2.17 bits per heavy atom. The molecular weight excluding hydrogens is 226 g/mol. The highest BCUT2D eigenvalue weighted by Crippen LogP contribution is 2.15. The number of nitrogens with one attached hydrogen (secondary N) is 1. The number of para-hydroxylation sites is 1. The lowest BCUT2D eigenvalue weighted by Gasteiger charge is -2.09. The molecule has 4 nitrogen and oxygen atoms in total. The van der Waals surface area contributed by atoms with Crippen LogP contribution in [0.15, 0.2) is 41.4 Å². The molecule has 0 aromatic heterocycles. The summed E-state index contributed by atoms with van der Waals surface area (Å²) in [6.07, 6.45) is 0. The van der Waals surface area contributed by atoms with E-state index in [0.29, 0.717) is 25.7 Å². The van der Waals surface area contributed by atoms with Crippen molar-refractivity contribution in [2.24, 2.45) is 10.7 Å². The first-order valence-corrected chi connectivity index (χ1v) is 5.96. The van der Waals surface area contributed by atoms with Gasteiger partial charge in [-0.05, 0) is 25.5 Å². The maximum atomic E-state index is 5.67. The van der Waals surface area contributed by atoms with Crippen molar-refractivity contribution < 1.29 is 4.74 Å². The number of nitrogens with zero attached hydrogens (tertiary/aromatic N) is 1. The summed E-state index contributed by atoms with van der Waals surface area (Å²) in [6, 6.07) is 7.92. The zero-order valence-electron chi connectivity index (χ0n) is 11.1. The fraction of sp³-hybridized carbons (Fsp3) is 0.357. The molecule has 1 aromatic carbocycles. The molecular formula is C14H21N3O. The molecule has 0 fully saturated rings. The van der Waals surface area contributed by atoms with Crippen molar-refractivity contribution in [1.82, 2.24) is 5.32 Å². The van der Waals surface area contributed by atoms with E-state index in [9.17, 15) is 0 Å². The number of ether oxygens (including phenoxy) is 1. The van der Waals surface area contributed by atoms with E-state index in [0.717, 1.165) is 16.9 Å². The molecule has 0 aliphatic carbocycles. The van der Waals surface area contributed by atoms with E-state index >= 15 is 0 Å². The van der Waals surface area contributed by atoms with Crippen LogP contribution in [0.3, 0.4) is 0 Å². The van der Waals surface area contributed by atoms with E-state index in [1.807, 2.05) is 38.1 Å². The van der Waals surface area contributed by atoms with Gasteiger partial charge in [-0.2, -0.15) is 0 Å². The minimum Gasteiger partial charge on any atom is -0.491 e. The highest BCUT2D eigenvalue weighted by atomic mass is 16.5. The van der Waals surface area contributed by atoms with Crippen molar-refractivity contribution in [3.8, 4) is 5.75 Å². The standard InChI is InChI=1S/C14H21N3O/c1-11(2)10-17-14(15)16-8-9-18-13-7-5-4-6-12(13)3/h4-7H,1,8-10H2,2-3H3,(H3,15,16,17). The van der Waals surface area contributed by atoms with Gasteiger partial charge in [-0.3, -0.25) is 0 Å². The van der Waals surface area contributed by atoms with Crippen LogP contribution in [0.4, 0.5) is 0 Å². The van der Waals surface area contributed by atoms with Crippen molar-refractivity contribution in [3.05, 3.63) is 42.0 Å². The second-order valence-corrected chi connectivity index (χ2v) is 4.20. The van der Waals surface area contributed by atoms with Crippen molar-refractivity contribution in [2.75, 3.05) is 19.7 Å². The Morgan fingerprint density at radius 3 is 2.83 bits per heavy atom. The van der Waals surface area contributed by atoms with E-state index in [4.69, 9.17) is 10.5 Å². The average molecular weight is 247 g/mol. The molecule has 0 aliphatic rings. The van der Waals surface area contributed by atoms with Crippen LogP contribution in [-0.2, 0) is 0 Å². The van der Waals surface area contributed by atoms with Gasteiger partial charge in [-0.25, -0.2) is 4.99 Å². The first-order chi connectivity index (χ1) is 8.59. The smallest absolute Gasteiger partial charge is 0.189 e. The lowest BCUT2D eigenvalue weighted by atomic mass is 10.2. The Hall–Kier alpha value is -1.97. The summed E-state index contributed by atoms with van der Waals surface area (Å²) in [7, 11) is 0. The fourth-order valence-electron chi connectivity index (χ4n) is 1.33. The summed E-state index contributed by atoms with van der Waals surface area (Å²) in [5.41, 5.74) is 7.78. The second kappa shape index (κ2) is 7.37. The number of hydrogen-bond donors (Lipinski definition) is 2. The molecule has 0 atom stereocenters. The molecule has 1 aromatic rings. The molecule has 0 bridgehead atoms. The number of aryl methyl sites for hydroxylation is 1. The van der Waals surface area contributed by atoms with E-state index in [2.05, 4.69) is 16.9 Å². The predicted molar refractivity (Wildman–Crippen MR) is 76.0 cm³/mol. The van der Waals surface area contributed by atoms with Crippen LogP contribution in [-0.4, -0.2) is 25.7 Å². The van der Waals surface area contributed by atoms with Gasteiger partial charge in [-0.15, -0.1) is 0 Å². The third-order valence-corrected chi connectivity index (χ3v) is 2.28. The normalized spacial score (nSPS) is 11.1. The summed E-state index contributed by atoms with van der Waals surface area (Å²) in [5.74, 6) is 1.32. The minimum absolute atomic E-state index is 0.423. The Balaban J connectivity index is 2.25. The van der Waals surface area contributed by atoms with Crippen LogP contribution < -0.4 is 15.8 Å². The van der Waals surface area contributed by atoms with Gasteiger partial charge in [0.1, 0.15) is 12.4 Å². The lowest BCUT2D eigenvalue weighted by molar-refractivity contribution is 0.320. The average Bonchev–Trinajstić information content (AvgIpc) is 2.34. The highest BCUT2D eigenvalue weighted by molar-refractivity contribution is 5.77. The first kappa shape index (κ1) is 14.1. The van der Waals surface area contributed by atoms with Crippen LogP contribution in [0.2, 0.25) is 0 Å². The maximum Gasteiger partial charge on any atom is 0.189 e. The monoisotopic (exact) mass is 247 g/mol. The Labute approximate surface area is 109 Å². The van der Waals surface area contributed by atoms with Gasteiger partial charge in [0, 0.05) is 0 Å². The molecule has 0 aliphatic heterocycles. The summed E-state index contributed by atoms with van der Waals surface area (Å²) in [5, 5.41) is 2.99. The van der Waals surface area contributed by atoms with Gasteiger partial charge in [0.2, 0.25) is 0 Å². The van der Waals surface area contributed by atoms with Gasteiger partial charge in [0.25, 0.3) is 0 Å². The SMILES string of the molecule is C=C(C)CN=C(N)NCCOc1ccccc1C. The molecule has 0 heterocycles. The largest absolute Gasteiger partial charge is 0.491 e. The molecule has 1 rings (SSSR count). The Kier molecular flexibility index (Phi) is 5.77. The molecule has 98 valence electrons. The molecule has 0 spiro atoms. The minimum atomic E-state index is 0.423. The van der Waals surface area contributed by atoms with Crippen LogP contribution in [0.5, 0.6) is 5.75 Å². The van der Waals surface area contributed by atoms with Gasteiger partial charge < -0.3 is 15.8 Å².